The van der Waals surface area contributed by atoms with Crippen molar-refractivity contribution in [3.8, 4) is 11.5 Å². The second-order valence-corrected chi connectivity index (χ2v) is 6.76. The average Bonchev–Trinajstić information content (AvgIpc) is 2.56. The van der Waals surface area contributed by atoms with Gasteiger partial charge in [-0.15, -0.1) is 0 Å². The third kappa shape index (κ3) is 4.69. The highest BCUT2D eigenvalue weighted by Gasteiger charge is 2.20. The van der Waals surface area contributed by atoms with Crippen LogP contribution in [0.2, 0.25) is 0 Å². The maximum atomic E-state index is 12.3. The minimum Gasteiger partial charge on any atom is -0.508 e. The van der Waals surface area contributed by atoms with E-state index in [1.807, 2.05) is 0 Å². The van der Waals surface area contributed by atoms with E-state index in [1.165, 1.54) is 31.4 Å². The van der Waals surface area contributed by atoms with Crippen LogP contribution in [0.4, 0.5) is 0 Å². The molecule has 0 fully saturated rings. The molecule has 0 radical (unpaired) electrons. The standard InChI is InChI=1S/C16H19NO5S/c1-22-15-6-8-16(9-7-15)23(20,21)17-13(11-18)10-12-2-4-14(19)5-3-12/h2-9,13,17-19H,10-11H2,1H3. The molecule has 0 aliphatic heterocycles. The number of hydrogen-bond donors (Lipinski definition) is 3. The van der Waals surface area contributed by atoms with Gasteiger partial charge in [-0.2, -0.15) is 0 Å². The number of sulfonamides is 1. The van der Waals surface area contributed by atoms with Gasteiger partial charge in [0.25, 0.3) is 0 Å². The topological polar surface area (TPSA) is 95.9 Å². The van der Waals surface area contributed by atoms with Gasteiger partial charge in [0.2, 0.25) is 10.0 Å². The van der Waals surface area contributed by atoms with Gasteiger partial charge in [0.05, 0.1) is 18.6 Å². The second-order valence-electron chi connectivity index (χ2n) is 5.05. The molecule has 124 valence electrons. The summed E-state index contributed by atoms with van der Waals surface area (Å²) in [7, 11) is -2.24. The Morgan fingerprint density at radius 2 is 1.70 bits per heavy atom. The van der Waals surface area contributed by atoms with Crippen LogP contribution in [0.1, 0.15) is 5.56 Å². The molecular formula is C16H19NO5S. The highest BCUT2D eigenvalue weighted by atomic mass is 32.2. The highest BCUT2D eigenvalue weighted by molar-refractivity contribution is 7.89. The Kier molecular flexibility index (Phi) is 5.59. The predicted molar refractivity (Wildman–Crippen MR) is 86.0 cm³/mol. The van der Waals surface area contributed by atoms with Gasteiger partial charge in [0.1, 0.15) is 11.5 Å². The maximum Gasteiger partial charge on any atom is 0.240 e. The number of phenols is 1. The Labute approximate surface area is 135 Å². The van der Waals surface area contributed by atoms with Crippen molar-refractivity contribution in [1.29, 1.82) is 0 Å². The van der Waals surface area contributed by atoms with E-state index < -0.39 is 16.1 Å². The fraction of sp³-hybridized carbons (Fsp3) is 0.250. The number of benzene rings is 2. The number of methoxy groups -OCH3 is 1. The van der Waals surface area contributed by atoms with E-state index in [0.717, 1.165) is 5.56 Å². The Hall–Kier alpha value is -2.09. The average molecular weight is 337 g/mol. The van der Waals surface area contributed by atoms with Gasteiger partial charge in [-0.25, -0.2) is 13.1 Å². The van der Waals surface area contributed by atoms with E-state index in [4.69, 9.17) is 4.74 Å². The molecule has 1 atom stereocenters. The van der Waals surface area contributed by atoms with E-state index in [9.17, 15) is 18.6 Å². The van der Waals surface area contributed by atoms with Gasteiger partial charge in [-0.3, -0.25) is 0 Å². The molecule has 0 saturated heterocycles. The van der Waals surface area contributed by atoms with Crippen LogP contribution in [0, 0.1) is 0 Å². The first-order chi connectivity index (χ1) is 10.9. The molecule has 6 nitrogen and oxygen atoms in total. The molecular weight excluding hydrogens is 318 g/mol. The number of aliphatic hydroxyl groups excluding tert-OH is 1. The number of nitrogens with one attached hydrogen (secondary N) is 1. The number of aromatic hydroxyl groups is 1. The molecule has 0 aromatic heterocycles. The van der Waals surface area contributed by atoms with Gasteiger partial charge >= 0.3 is 0 Å². The molecule has 0 bridgehead atoms. The van der Waals surface area contributed by atoms with E-state index in [1.54, 1.807) is 24.3 Å². The molecule has 0 aliphatic rings. The largest absolute Gasteiger partial charge is 0.508 e. The van der Waals surface area contributed by atoms with Crippen molar-refractivity contribution in [3.63, 3.8) is 0 Å². The van der Waals surface area contributed by atoms with Crippen molar-refractivity contribution in [2.24, 2.45) is 0 Å². The lowest BCUT2D eigenvalue weighted by Gasteiger charge is -2.17. The molecule has 0 aliphatic carbocycles. The quantitative estimate of drug-likeness (QED) is 0.707. The summed E-state index contributed by atoms with van der Waals surface area (Å²) in [5.41, 5.74) is 0.805. The third-order valence-corrected chi connectivity index (χ3v) is 4.87. The maximum absolute atomic E-state index is 12.3. The first-order valence-corrected chi connectivity index (χ1v) is 8.48. The van der Waals surface area contributed by atoms with Crippen LogP contribution in [0.3, 0.4) is 0 Å². The summed E-state index contributed by atoms with van der Waals surface area (Å²) in [6, 6.07) is 11.7. The molecule has 23 heavy (non-hydrogen) atoms. The number of aliphatic hydroxyl groups is 1. The van der Waals surface area contributed by atoms with Crippen molar-refractivity contribution in [2.45, 2.75) is 17.4 Å². The molecule has 2 aromatic carbocycles. The summed E-state index contributed by atoms with van der Waals surface area (Å²) >= 11 is 0. The molecule has 0 heterocycles. The fourth-order valence-electron chi connectivity index (χ4n) is 2.10. The third-order valence-electron chi connectivity index (χ3n) is 3.33. The Balaban J connectivity index is 2.10. The first-order valence-electron chi connectivity index (χ1n) is 7.00. The lowest BCUT2D eigenvalue weighted by atomic mass is 10.1. The Morgan fingerprint density at radius 3 is 2.22 bits per heavy atom. The zero-order valence-corrected chi connectivity index (χ0v) is 13.5. The van der Waals surface area contributed by atoms with Crippen LogP contribution < -0.4 is 9.46 Å². The van der Waals surface area contributed by atoms with Crippen LogP contribution in [0.25, 0.3) is 0 Å². The molecule has 1 unspecified atom stereocenters. The van der Waals surface area contributed by atoms with Crippen molar-refractivity contribution in [3.05, 3.63) is 54.1 Å². The normalized spacial score (nSPS) is 12.8. The molecule has 0 saturated carbocycles. The van der Waals surface area contributed by atoms with Crippen LogP contribution in [0.5, 0.6) is 11.5 Å². The summed E-state index contributed by atoms with van der Waals surface area (Å²) in [6.45, 7) is -0.337. The minimum absolute atomic E-state index is 0.0995. The van der Waals surface area contributed by atoms with Crippen molar-refractivity contribution >= 4 is 10.0 Å². The fourth-order valence-corrected chi connectivity index (χ4v) is 3.33. The smallest absolute Gasteiger partial charge is 0.240 e. The zero-order valence-electron chi connectivity index (χ0n) is 12.6. The molecule has 0 amide bonds. The molecule has 2 aromatic rings. The van der Waals surface area contributed by atoms with Gasteiger partial charge < -0.3 is 14.9 Å². The number of phenolic OH excluding ortho intramolecular Hbond substituents is 1. The Bertz CT molecular complexity index is 726. The summed E-state index contributed by atoms with van der Waals surface area (Å²) in [6.07, 6.45) is 0.312. The molecule has 3 N–H and O–H groups in total. The monoisotopic (exact) mass is 337 g/mol. The van der Waals surface area contributed by atoms with Crippen molar-refractivity contribution < 1.29 is 23.4 Å². The molecule has 2 rings (SSSR count). The van der Waals surface area contributed by atoms with Crippen LogP contribution in [-0.2, 0) is 16.4 Å². The summed E-state index contributed by atoms with van der Waals surface area (Å²) in [4.78, 5) is 0.0995. The first kappa shape index (κ1) is 17.3. The Morgan fingerprint density at radius 1 is 1.09 bits per heavy atom. The molecule has 0 spiro atoms. The minimum atomic E-state index is -3.74. The van der Waals surface area contributed by atoms with E-state index in [2.05, 4.69) is 4.72 Å². The summed E-state index contributed by atoms with van der Waals surface area (Å²) in [5, 5.41) is 18.7. The van der Waals surface area contributed by atoms with Crippen molar-refractivity contribution in [1.82, 2.24) is 4.72 Å². The molecule has 7 heteroatoms. The zero-order chi connectivity index (χ0) is 16.9. The van der Waals surface area contributed by atoms with Gasteiger partial charge in [0.15, 0.2) is 0 Å². The lowest BCUT2D eigenvalue weighted by molar-refractivity contribution is 0.256. The van der Waals surface area contributed by atoms with Crippen LogP contribution in [0.15, 0.2) is 53.4 Å². The summed E-state index contributed by atoms with van der Waals surface area (Å²) in [5.74, 6) is 0.694. The van der Waals surface area contributed by atoms with Crippen molar-refractivity contribution in [2.75, 3.05) is 13.7 Å². The van der Waals surface area contributed by atoms with Gasteiger partial charge in [-0.05, 0) is 48.4 Å². The van der Waals surface area contributed by atoms with E-state index >= 15 is 0 Å². The lowest BCUT2D eigenvalue weighted by Crippen LogP contribution is -2.39. The van der Waals surface area contributed by atoms with Gasteiger partial charge in [-0.1, -0.05) is 12.1 Å². The second kappa shape index (κ2) is 7.45. The van der Waals surface area contributed by atoms with E-state index in [-0.39, 0.29) is 17.3 Å². The number of hydrogen-bond acceptors (Lipinski definition) is 5. The number of rotatable bonds is 7. The van der Waals surface area contributed by atoms with Crippen LogP contribution >= 0.6 is 0 Å². The van der Waals surface area contributed by atoms with Gasteiger partial charge in [0, 0.05) is 6.04 Å². The van der Waals surface area contributed by atoms with E-state index in [0.29, 0.717) is 12.2 Å². The summed E-state index contributed by atoms with van der Waals surface area (Å²) < 4.78 is 32.2. The predicted octanol–water partition coefficient (Wildman–Crippen LogP) is 1.28. The SMILES string of the molecule is COc1ccc(S(=O)(=O)NC(CO)Cc2ccc(O)cc2)cc1. The highest BCUT2D eigenvalue weighted by Crippen LogP contribution is 2.17. The van der Waals surface area contributed by atoms with Crippen LogP contribution in [-0.4, -0.2) is 38.4 Å². The number of ether oxygens (including phenoxy) is 1.